The summed E-state index contributed by atoms with van der Waals surface area (Å²) >= 11 is 0. The lowest BCUT2D eigenvalue weighted by Gasteiger charge is -2.28. The van der Waals surface area contributed by atoms with Gasteiger partial charge >= 0.3 is 0 Å². The molecule has 0 saturated carbocycles. The fourth-order valence-corrected chi connectivity index (χ4v) is 4.29. The summed E-state index contributed by atoms with van der Waals surface area (Å²) in [6.45, 7) is 5.99. The van der Waals surface area contributed by atoms with Crippen LogP contribution in [0.25, 0.3) is 10.8 Å². The van der Waals surface area contributed by atoms with Crippen LogP contribution in [0.2, 0.25) is 0 Å². The predicted molar refractivity (Wildman–Crippen MR) is 102 cm³/mol. The summed E-state index contributed by atoms with van der Waals surface area (Å²) in [5.74, 6) is -0.0233. The first kappa shape index (κ1) is 18.8. The predicted octanol–water partition coefficient (Wildman–Crippen LogP) is 1.48. The largest absolute Gasteiger partial charge is 0.354 e. The maximum atomic E-state index is 12.8. The van der Waals surface area contributed by atoms with Gasteiger partial charge in [-0.25, -0.2) is 8.42 Å². The lowest BCUT2D eigenvalue weighted by Crippen LogP contribution is -2.53. The van der Waals surface area contributed by atoms with E-state index in [2.05, 4.69) is 15.4 Å². The van der Waals surface area contributed by atoms with Gasteiger partial charge in [0.15, 0.2) is 0 Å². The van der Waals surface area contributed by atoms with E-state index in [1.807, 2.05) is 38.1 Å². The number of rotatable bonds is 7. The summed E-state index contributed by atoms with van der Waals surface area (Å²) in [5, 5.41) is 7.83. The van der Waals surface area contributed by atoms with Crippen LogP contribution in [-0.4, -0.2) is 40.0 Å². The van der Waals surface area contributed by atoms with Gasteiger partial charge in [0, 0.05) is 25.6 Å². The molecule has 26 heavy (non-hydrogen) atoms. The minimum atomic E-state index is -3.79. The fraction of sp³-hybridized carbons (Fsp3) is 0.421. The molecule has 0 aliphatic carbocycles. The topological polar surface area (TPSA) is 87.3 Å². The van der Waals surface area contributed by atoms with E-state index >= 15 is 0 Å². The molecule has 1 unspecified atom stereocenters. The summed E-state index contributed by atoms with van der Waals surface area (Å²) in [5.41, 5.74) is 0. The van der Waals surface area contributed by atoms with Crippen LogP contribution >= 0.6 is 0 Å². The van der Waals surface area contributed by atoms with E-state index in [1.165, 1.54) is 0 Å². The van der Waals surface area contributed by atoms with Crippen molar-refractivity contribution < 1.29 is 13.2 Å². The van der Waals surface area contributed by atoms with E-state index < -0.39 is 16.1 Å². The zero-order valence-corrected chi connectivity index (χ0v) is 15.8. The SMILES string of the molecule is CC(C)C(NS(=O)(=O)c1ccc2ccccc2c1)C(=O)NCC1CNC1. The zero-order valence-electron chi connectivity index (χ0n) is 15.0. The van der Waals surface area contributed by atoms with Crippen LogP contribution in [0.1, 0.15) is 13.8 Å². The van der Waals surface area contributed by atoms with E-state index in [-0.39, 0.29) is 16.7 Å². The molecule has 1 heterocycles. The Balaban J connectivity index is 1.76. The van der Waals surface area contributed by atoms with Crippen LogP contribution in [0.5, 0.6) is 0 Å². The Morgan fingerprint density at radius 1 is 1.15 bits per heavy atom. The van der Waals surface area contributed by atoms with Gasteiger partial charge in [-0.15, -0.1) is 0 Å². The second-order valence-electron chi connectivity index (χ2n) is 7.12. The van der Waals surface area contributed by atoms with Gasteiger partial charge in [-0.1, -0.05) is 44.2 Å². The summed E-state index contributed by atoms with van der Waals surface area (Å²) in [6, 6.07) is 11.7. The minimum absolute atomic E-state index is 0.162. The molecule has 0 bridgehead atoms. The Labute approximate surface area is 154 Å². The van der Waals surface area contributed by atoms with E-state index in [4.69, 9.17) is 0 Å². The van der Waals surface area contributed by atoms with Crippen molar-refractivity contribution in [1.29, 1.82) is 0 Å². The summed E-state index contributed by atoms with van der Waals surface area (Å²) in [4.78, 5) is 12.7. The molecule has 3 N–H and O–H groups in total. The molecule has 1 aliphatic heterocycles. The smallest absolute Gasteiger partial charge is 0.241 e. The summed E-state index contributed by atoms with van der Waals surface area (Å²) in [7, 11) is -3.79. The van der Waals surface area contributed by atoms with Crippen molar-refractivity contribution in [1.82, 2.24) is 15.4 Å². The molecule has 0 aromatic heterocycles. The highest BCUT2D eigenvalue weighted by Gasteiger charge is 2.29. The first-order chi connectivity index (χ1) is 12.4. The Morgan fingerprint density at radius 3 is 2.46 bits per heavy atom. The number of benzene rings is 2. The molecule has 0 spiro atoms. The molecule has 1 atom stereocenters. The lowest BCUT2D eigenvalue weighted by molar-refractivity contribution is -0.123. The first-order valence-corrected chi connectivity index (χ1v) is 10.3. The Kier molecular flexibility index (Phi) is 5.60. The average molecular weight is 375 g/mol. The van der Waals surface area contributed by atoms with Crippen LogP contribution in [0.4, 0.5) is 0 Å². The molecule has 1 amide bonds. The number of fused-ring (bicyclic) bond motifs is 1. The van der Waals surface area contributed by atoms with Gasteiger partial charge in [-0.3, -0.25) is 4.79 Å². The van der Waals surface area contributed by atoms with Crippen molar-refractivity contribution in [2.24, 2.45) is 11.8 Å². The Morgan fingerprint density at radius 2 is 1.85 bits per heavy atom. The first-order valence-electron chi connectivity index (χ1n) is 8.86. The highest BCUT2D eigenvalue weighted by molar-refractivity contribution is 7.89. The molecular weight excluding hydrogens is 350 g/mol. The van der Waals surface area contributed by atoms with Crippen LogP contribution < -0.4 is 15.4 Å². The normalized spacial score (nSPS) is 16.4. The van der Waals surface area contributed by atoms with Gasteiger partial charge in [0.2, 0.25) is 15.9 Å². The number of amides is 1. The molecule has 0 radical (unpaired) electrons. The summed E-state index contributed by atoms with van der Waals surface area (Å²) in [6.07, 6.45) is 0. The molecule has 6 nitrogen and oxygen atoms in total. The van der Waals surface area contributed by atoms with Gasteiger partial charge in [0.05, 0.1) is 4.90 Å². The highest BCUT2D eigenvalue weighted by atomic mass is 32.2. The van der Waals surface area contributed by atoms with Crippen molar-refractivity contribution in [3.8, 4) is 0 Å². The van der Waals surface area contributed by atoms with Crippen LogP contribution in [0.15, 0.2) is 47.4 Å². The third-order valence-electron chi connectivity index (χ3n) is 4.69. The lowest BCUT2D eigenvalue weighted by atomic mass is 10.0. The molecule has 1 fully saturated rings. The van der Waals surface area contributed by atoms with Gasteiger partial charge < -0.3 is 10.6 Å². The van der Waals surface area contributed by atoms with Crippen LogP contribution in [0, 0.1) is 11.8 Å². The van der Waals surface area contributed by atoms with Crippen LogP contribution in [0.3, 0.4) is 0 Å². The van der Waals surface area contributed by atoms with E-state index in [1.54, 1.807) is 18.2 Å². The second-order valence-corrected chi connectivity index (χ2v) is 8.84. The monoisotopic (exact) mass is 375 g/mol. The third-order valence-corrected chi connectivity index (χ3v) is 6.13. The van der Waals surface area contributed by atoms with E-state index in [0.29, 0.717) is 12.5 Å². The van der Waals surface area contributed by atoms with Crippen molar-refractivity contribution in [3.63, 3.8) is 0 Å². The quantitative estimate of drug-likeness (QED) is 0.684. The van der Waals surface area contributed by atoms with E-state index in [0.717, 1.165) is 23.9 Å². The molecule has 2 aromatic carbocycles. The minimum Gasteiger partial charge on any atom is -0.354 e. The number of carbonyl (C=O) groups excluding carboxylic acids is 1. The van der Waals surface area contributed by atoms with Crippen molar-refractivity contribution in [2.75, 3.05) is 19.6 Å². The van der Waals surface area contributed by atoms with Crippen molar-refractivity contribution >= 4 is 26.7 Å². The summed E-state index contributed by atoms with van der Waals surface area (Å²) < 4.78 is 28.2. The number of hydrogen-bond donors (Lipinski definition) is 3. The maximum Gasteiger partial charge on any atom is 0.241 e. The number of hydrogen-bond acceptors (Lipinski definition) is 4. The average Bonchev–Trinajstić information content (AvgIpc) is 2.57. The molecule has 140 valence electrons. The van der Waals surface area contributed by atoms with Gasteiger partial charge in [0.1, 0.15) is 6.04 Å². The maximum absolute atomic E-state index is 12.8. The molecular formula is C19H25N3O3S. The van der Waals surface area contributed by atoms with Crippen LogP contribution in [-0.2, 0) is 14.8 Å². The standard InChI is InChI=1S/C19H25N3O3S/c1-13(2)18(19(23)21-12-14-10-20-11-14)22-26(24,25)17-8-7-15-5-3-4-6-16(15)9-17/h3-9,13-14,18,20,22H,10-12H2,1-2H3,(H,21,23). The van der Waals surface area contributed by atoms with Crippen molar-refractivity contribution in [3.05, 3.63) is 42.5 Å². The molecule has 1 saturated heterocycles. The number of sulfonamides is 1. The van der Waals surface area contributed by atoms with Crippen molar-refractivity contribution in [2.45, 2.75) is 24.8 Å². The third kappa shape index (κ3) is 4.23. The molecule has 1 aliphatic rings. The number of carbonyl (C=O) groups is 1. The Hall–Kier alpha value is -1.96. The Bertz CT molecular complexity index is 892. The zero-order chi connectivity index (χ0) is 18.7. The highest BCUT2D eigenvalue weighted by Crippen LogP contribution is 2.19. The number of nitrogens with one attached hydrogen (secondary N) is 3. The molecule has 2 aromatic rings. The van der Waals surface area contributed by atoms with E-state index in [9.17, 15) is 13.2 Å². The van der Waals surface area contributed by atoms with Gasteiger partial charge in [-0.2, -0.15) is 4.72 Å². The molecule has 7 heteroatoms. The fourth-order valence-electron chi connectivity index (χ4n) is 2.91. The second kappa shape index (κ2) is 7.73. The van der Waals surface area contributed by atoms with Gasteiger partial charge in [-0.05, 0) is 28.8 Å². The molecule has 3 rings (SSSR count). The van der Waals surface area contributed by atoms with Gasteiger partial charge in [0.25, 0.3) is 0 Å².